The number of benzene rings is 2. The Labute approximate surface area is 147 Å². The number of nitrogens with one attached hydrogen (secondary N) is 1. The molecule has 0 bridgehead atoms. The molecule has 1 unspecified atom stereocenters. The fraction of sp³-hybridized carbons (Fsp3) is 0.455. The molecule has 0 heterocycles. The van der Waals surface area contributed by atoms with Crippen molar-refractivity contribution in [3.63, 3.8) is 0 Å². The highest BCUT2D eigenvalue weighted by molar-refractivity contribution is 5.18. The van der Waals surface area contributed by atoms with Gasteiger partial charge in [0.1, 0.15) is 6.10 Å². The second-order valence-corrected chi connectivity index (χ2v) is 6.45. The maximum atomic E-state index is 6.15. The van der Waals surface area contributed by atoms with E-state index >= 15 is 0 Å². The summed E-state index contributed by atoms with van der Waals surface area (Å²) in [7, 11) is 0. The molecular weight excluding hydrogens is 294 g/mol. The first-order chi connectivity index (χ1) is 11.8. The van der Waals surface area contributed by atoms with Crippen LogP contribution in [-0.2, 0) is 11.3 Å². The van der Waals surface area contributed by atoms with Crippen LogP contribution in [0.3, 0.4) is 0 Å². The molecule has 2 nitrogen and oxygen atoms in total. The molecule has 0 amide bonds. The lowest BCUT2D eigenvalue weighted by Gasteiger charge is -2.23. The molecule has 2 rings (SSSR count). The molecule has 0 spiro atoms. The van der Waals surface area contributed by atoms with Crippen molar-refractivity contribution in [1.29, 1.82) is 0 Å². The summed E-state index contributed by atoms with van der Waals surface area (Å²) in [6.07, 6.45) is 6.84. The van der Waals surface area contributed by atoms with Crippen molar-refractivity contribution in [2.45, 2.75) is 64.5 Å². The van der Waals surface area contributed by atoms with Crippen LogP contribution < -0.4 is 5.48 Å². The molecule has 0 radical (unpaired) electrons. The van der Waals surface area contributed by atoms with Crippen LogP contribution >= 0.6 is 0 Å². The van der Waals surface area contributed by atoms with E-state index in [1.807, 2.05) is 0 Å². The third-order valence-corrected chi connectivity index (χ3v) is 4.33. The first kappa shape index (κ1) is 18.7. The maximum absolute atomic E-state index is 6.15. The van der Waals surface area contributed by atoms with Gasteiger partial charge in [-0.05, 0) is 30.4 Å². The predicted molar refractivity (Wildman–Crippen MR) is 102 cm³/mol. The van der Waals surface area contributed by atoms with E-state index in [9.17, 15) is 0 Å². The second-order valence-electron chi connectivity index (χ2n) is 6.45. The number of hydrogen-bond donors (Lipinski definition) is 1. The average Bonchev–Trinajstić information content (AvgIpc) is 2.64. The first-order valence-corrected chi connectivity index (χ1v) is 9.33. The largest absolute Gasteiger partial charge is 0.293 e. The fourth-order valence-electron chi connectivity index (χ4n) is 2.95. The second kappa shape index (κ2) is 11.0. The van der Waals surface area contributed by atoms with E-state index in [-0.39, 0.29) is 6.10 Å². The predicted octanol–water partition coefficient (Wildman–Crippen LogP) is 5.85. The van der Waals surface area contributed by atoms with E-state index in [0.717, 1.165) is 25.7 Å². The summed E-state index contributed by atoms with van der Waals surface area (Å²) in [4.78, 5) is 6.15. The van der Waals surface area contributed by atoms with Crippen LogP contribution in [0.15, 0.2) is 60.7 Å². The number of hydroxylamine groups is 1. The van der Waals surface area contributed by atoms with Gasteiger partial charge in [0.05, 0.1) is 0 Å². The van der Waals surface area contributed by atoms with Gasteiger partial charge in [0, 0.05) is 6.04 Å². The standard InChI is InChI=1S/C22H31NO/c1-3-5-17-21(18-19-13-8-6-9-14-19)23-24-22(12-4-2)20-15-10-7-11-16-20/h6-11,13-16,21-23H,3-5,12,17-18H2,1-2H3/t21?,22-/m0/s1. The normalized spacial score (nSPS) is 13.6. The zero-order valence-electron chi connectivity index (χ0n) is 15.1. The molecule has 130 valence electrons. The van der Waals surface area contributed by atoms with Crippen LogP contribution in [-0.4, -0.2) is 6.04 Å². The van der Waals surface area contributed by atoms with Crippen molar-refractivity contribution in [3.8, 4) is 0 Å². The molecule has 2 atom stereocenters. The Balaban J connectivity index is 1.96. The highest BCUT2D eigenvalue weighted by atomic mass is 16.7. The third kappa shape index (κ3) is 6.46. The molecule has 0 saturated carbocycles. The quantitative estimate of drug-likeness (QED) is 0.523. The van der Waals surface area contributed by atoms with Gasteiger partial charge >= 0.3 is 0 Å². The molecule has 0 aliphatic rings. The lowest BCUT2D eigenvalue weighted by molar-refractivity contribution is -0.0515. The summed E-state index contributed by atoms with van der Waals surface area (Å²) < 4.78 is 0. The fourth-order valence-corrected chi connectivity index (χ4v) is 2.95. The van der Waals surface area contributed by atoms with Crippen LogP contribution in [0.25, 0.3) is 0 Å². The van der Waals surface area contributed by atoms with Gasteiger partial charge in [-0.15, -0.1) is 0 Å². The monoisotopic (exact) mass is 325 g/mol. The zero-order chi connectivity index (χ0) is 17.0. The van der Waals surface area contributed by atoms with Gasteiger partial charge in [-0.3, -0.25) is 4.84 Å². The van der Waals surface area contributed by atoms with Gasteiger partial charge < -0.3 is 0 Å². The van der Waals surface area contributed by atoms with E-state index in [0.29, 0.717) is 6.04 Å². The summed E-state index contributed by atoms with van der Waals surface area (Å²) in [5.74, 6) is 0. The van der Waals surface area contributed by atoms with Gasteiger partial charge in [0.25, 0.3) is 0 Å². The summed E-state index contributed by atoms with van der Waals surface area (Å²) in [6, 6.07) is 21.6. The zero-order valence-corrected chi connectivity index (χ0v) is 15.1. The van der Waals surface area contributed by atoms with Crippen LogP contribution in [0.5, 0.6) is 0 Å². The van der Waals surface area contributed by atoms with Crippen molar-refractivity contribution in [1.82, 2.24) is 5.48 Å². The minimum absolute atomic E-state index is 0.121. The van der Waals surface area contributed by atoms with Crippen LogP contribution in [0.2, 0.25) is 0 Å². The highest BCUT2D eigenvalue weighted by Crippen LogP contribution is 2.22. The minimum Gasteiger partial charge on any atom is -0.293 e. The molecule has 24 heavy (non-hydrogen) atoms. The Kier molecular flexibility index (Phi) is 8.58. The van der Waals surface area contributed by atoms with Gasteiger partial charge in [-0.25, -0.2) is 0 Å². The van der Waals surface area contributed by atoms with Crippen LogP contribution in [0.4, 0.5) is 0 Å². The molecule has 0 fully saturated rings. The topological polar surface area (TPSA) is 21.3 Å². The molecule has 0 aliphatic carbocycles. The van der Waals surface area contributed by atoms with E-state index in [4.69, 9.17) is 4.84 Å². The summed E-state index contributed by atoms with van der Waals surface area (Å²) >= 11 is 0. The summed E-state index contributed by atoms with van der Waals surface area (Å²) in [5.41, 5.74) is 6.00. The van der Waals surface area contributed by atoms with E-state index < -0.39 is 0 Å². The highest BCUT2D eigenvalue weighted by Gasteiger charge is 2.15. The van der Waals surface area contributed by atoms with Gasteiger partial charge in [0.15, 0.2) is 0 Å². The Morgan fingerprint density at radius 1 is 0.833 bits per heavy atom. The van der Waals surface area contributed by atoms with E-state index in [1.54, 1.807) is 0 Å². The number of unbranched alkanes of at least 4 members (excludes halogenated alkanes) is 1. The number of hydrogen-bond acceptors (Lipinski definition) is 2. The van der Waals surface area contributed by atoms with Crippen molar-refractivity contribution < 1.29 is 4.84 Å². The average molecular weight is 325 g/mol. The minimum atomic E-state index is 0.121. The SMILES string of the molecule is CCCCC(Cc1ccccc1)NO[C@@H](CCC)c1ccccc1. The Hall–Kier alpha value is -1.64. The van der Waals surface area contributed by atoms with Crippen LogP contribution in [0.1, 0.15) is 63.2 Å². The van der Waals surface area contributed by atoms with Crippen molar-refractivity contribution in [3.05, 3.63) is 71.8 Å². The number of rotatable bonds is 11. The molecule has 0 aromatic heterocycles. The molecule has 2 aromatic rings. The van der Waals surface area contributed by atoms with E-state index in [2.05, 4.69) is 80.0 Å². The van der Waals surface area contributed by atoms with Gasteiger partial charge in [0.2, 0.25) is 0 Å². The Bertz CT molecular complexity index is 540. The van der Waals surface area contributed by atoms with Gasteiger partial charge in [-0.2, -0.15) is 5.48 Å². The first-order valence-electron chi connectivity index (χ1n) is 9.33. The molecule has 2 aromatic carbocycles. The van der Waals surface area contributed by atoms with Crippen molar-refractivity contribution in [2.75, 3.05) is 0 Å². The summed E-state index contributed by atoms with van der Waals surface area (Å²) in [5, 5.41) is 0. The molecule has 0 saturated heterocycles. The lowest BCUT2D eigenvalue weighted by Crippen LogP contribution is -2.32. The summed E-state index contributed by atoms with van der Waals surface area (Å²) in [6.45, 7) is 4.45. The molecule has 1 N–H and O–H groups in total. The third-order valence-electron chi connectivity index (χ3n) is 4.33. The molecule has 0 aliphatic heterocycles. The lowest BCUT2D eigenvalue weighted by atomic mass is 10.0. The smallest absolute Gasteiger partial charge is 0.104 e. The van der Waals surface area contributed by atoms with Crippen molar-refractivity contribution in [2.24, 2.45) is 0 Å². The molecular formula is C22H31NO. The van der Waals surface area contributed by atoms with Crippen LogP contribution in [0, 0.1) is 0 Å². The van der Waals surface area contributed by atoms with Gasteiger partial charge in [-0.1, -0.05) is 93.8 Å². The Morgan fingerprint density at radius 2 is 1.50 bits per heavy atom. The van der Waals surface area contributed by atoms with Crippen molar-refractivity contribution >= 4 is 0 Å². The Morgan fingerprint density at radius 3 is 2.12 bits per heavy atom. The maximum Gasteiger partial charge on any atom is 0.104 e. The van der Waals surface area contributed by atoms with E-state index in [1.165, 1.54) is 24.0 Å². The molecule has 2 heteroatoms.